The molecule has 2 aliphatic rings. The zero-order valence-electron chi connectivity index (χ0n) is 11.8. The number of benzene rings is 1. The van der Waals surface area contributed by atoms with E-state index in [1.165, 1.54) is 43.4 Å². The maximum absolute atomic E-state index is 2.60. The van der Waals surface area contributed by atoms with Gasteiger partial charge in [-0.25, -0.2) is 0 Å². The van der Waals surface area contributed by atoms with Crippen molar-refractivity contribution in [3.05, 3.63) is 41.1 Å². The molecule has 0 spiro atoms. The van der Waals surface area contributed by atoms with Gasteiger partial charge in [-0.3, -0.25) is 0 Å². The summed E-state index contributed by atoms with van der Waals surface area (Å²) in [5.41, 5.74) is 6.43. The van der Waals surface area contributed by atoms with Crippen LogP contribution in [0.3, 0.4) is 0 Å². The Bertz CT molecular complexity index is 491. The van der Waals surface area contributed by atoms with Crippen LogP contribution in [0.15, 0.2) is 35.5 Å². The molecule has 18 heavy (non-hydrogen) atoms. The lowest BCUT2D eigenvalue weighted by molar-refractivity contribution is 0.500. The van der Waals surface area contributed by atoms with E-state index in [1.807, 2.05) is 0 Å². The van der Waals surface area contributed by atoms with Crippen LogP contribution in [0, 0.1) is 0 Å². The van der Waals surface area contributed by atoms with Gasteiger partial charge in [-0.15, -0.1) is 0 Å². The first-order valence-electron chi connectivity index (χ1n) is 7.16. The summed E-state index contributed by atoms with van der Waals surface area (Å²) >= 11 is 0. The Morgan fingerprint density at radius 1 is 1.00 bits per heavy atom. The van der Waals surface area contributed by atoms with Crippen molar-refractivity contribution in [2.45, 2.75) is 58.4 Å². The summed E-state index contributed by atoms with van der Waals surface area (Å²) in [6.07, 6.45) is 6.47. The zero-order chi connectivity index (χ0) is 12.8. The highest BCUT2D eigenvalue weighted by atomic mass is 15.2. The average molecular weight is 241 g/mol. The smallest absolute Gasteiger partial charge is 0.0449 e. The normalized spacial score (nSPS) is 19.6. The maximum atomic E-state index is 2.60. The van der Waals surface area contributed by atoms with Crippen molar-refractivity contribution in [2.24, 2.45) is 0 Å². The lowest BCUT2D eigenvalue weighted by Gasteiger charge is -2.45. The number of rotatable bonds is 0. The van der Waals surface area contributed by atoms with Crippen LogP contribution in [-0.2, 0) is 6.42 Å². The van der Waals surface area contributed by atoms with E-state index in [1.54, 1.807) is 11.3 Å². The molecular formula is C17H23N. The van der Waals surface area contributed by atoms with Gasteiger partial charge in [0.25, 0.3) is 0 Å². The Kier molecular flexibility index (Phi) is 2.73. The van der Waals surface area contributed by atoms with Crippen molar-refractivity contribution >= 4 is 5.69 Å². The van der Waals surface area contributed by atoms with E-state index in [2.05, 4.69) is 49.9 Å². The summed E-state index contributed by atoms with van der Waals surface area (Å²) in [5, 5.41) is 0. The molecule has 0 bridgehead atoms. The van der Waals surface area contributed by atoms with E-state index in [0.717, 1.165) is 0 Å². The second-order valence-electron chi connectivity index (χ2n) is 6.57. The van der Waals surface area contributed by atoms with Gasteiger partial charge in [-0.1, -0.05) is 18.2 Å². The molecule has 0 amide bonds. The Morgan fingerprint density at radius 3 is 2.50 bits per heavy atom. The van der Waals surface area contributed by atoms with Crippen LogP contribution in [0.1, 0.15) is 52.0 Å². The molecule has 1 aromatic carbocycles. The molecule has 0 radical (unpaired) electrons. The minimum absolute atomic E-state index is 0.175. The van der Waals surface area contributed by atoms with E-state index in [0.29, 0.717) is 0 Å². The van der Waals surface area contributed by atoms with E-state index in [4.69, 9.17) is 0 Å². The van der Waals surface area contributed by atoms with Gasteiger partial charge in [0, 0.05) is 16.9 Å². The summed E-state index contributed by atoms with van der Waals surface area (Å²) < 4.78 is 0. The largest absolute Gasteiger partial charge is 0.340 e. The molecule has 1 aliphatic carbocycles. The van der Waals surface area contributed by atoms with E-state index in [-0.39, 0.29) is 5.54 Å². The van der Waals surface area contributed by atoms with Gasteiger partial charge >= 0.3 is 0 Å². The minimum Gasteiger partial charge on any atom is -0.340 e. The van der Waals surface area contributed by atoms with Gasteiger partial charge in [-0.05, 0) is 70.1 Å². The van der Waals surface area contributed by atoms with E-state index >= 15 is 0 Å². The lowest BCUT2D eigenvalue weighted by Crippen LogP contribution is -2.44. The van der Waals surface area contributed by atoms with Crippen LogP contribution >= 0.6 is 0 Å². The second kappa shape index (κ2) is 4.15. The third-order valence-corrected chi connectivity index (χ3v) is 4.13. The molecule has 0 N–H and O–H groups in total. The molecule has 0 aromatic heterocycles. The predicted octanol–water partition coefficient (Wildman–Crippen LogP) is 4.68. The van der Waals surface area contributed by atoms with Gasteiger partial charge in [-0.2, -0.15) is 0 Å². The Hall–Kier alpha value is -1.24. The van der Waals surface area contributed by atoms with Gasteiger partial charge in [0.2, 0.25) is 0 Å². The quantitative estimate of drug-likeness (QED) is 0.637. The SMILES string of the molecule is CC(C)(C)N1C2=C(CCCC2)Cc2ccccc21. The second-order valence-corrected chi connectivity index (χ2v) is 6.57. The molecule has 1 heterocycles. The van der Waals surface area contributed by atoms with Crippen molar-refractivity contribution in [2.75, 3.05) is 4.90 Å². The van der Waals surface area contributed by atoms with Gasteiger partial charge < -0.3 is 4.90 Å². The third kappa shape index (κ3) is 1.86. The van der Waals surface area contributed by atoms with Crippen molar-refractivity contribution in [3.8, 4) is 0 Å². The molecule has 0 atom stereocenters. The molecule has 1 aromatic rings. The summed E-state index contributed by atoms with van der Waals surface area (Å²) in [4.78, 5) is 2.60. The van der Waals surface area contributed by atoms with Crippen LogP contribution in [0.4, 0.5) is 5.69 Å². The highest BCUT2D eigenvalue weighted by Gasteiger charge is 2.32. The molecule has 0 fully saturated rings. The van der Waals surface area contributed by atoms with Crippen molar-refractivity contribution < 1.29 is 0 Å². The number of para-hydroxylation sites is 1. The van der Waals surface area contributed by atoms with Gasteiger partial charge in [0.1, 0.15) is 0 Å². The van der Waals surface area contributed by atoms with Crippen LogP contribution in [0.25, 0.3) is 0 Å². The first kappa shape index (κ1) is 11.8. The summed E-state index contributed by atoms with van der Waals surface area (Å²) in [6, 6.07) is 8.94. The number of allylic oxidation sites excluding steroid dienone is 2. The third-order valence-electron chi connectivity index (χ3n) is 4.13. The molecule has 1 nitrogen and oxygen atoms in total. The molecule has 1 aliphatic heterocycles. The predicted molar refractivity (Wildman–Crippen MR) is 77.9 cm³/mol. The monoisotopic (exact) mass is 241 g/mol. The first-order valence-corrected chi connectivity index (χ1v) is 7.16. The first-order chi connectivity index (χ1) is 8.57. The van der Waals surface area contributed by atoms with Crippen LogP contribution in [0.5, 0.6) is 0 Å². The molecule has 0 saturated heterocycles. The Labute approximate surface area is 111 Å². The van der Waals surface area contributed by atoms with E-state index < -0.39 is 0 Å². The van der Waals surface area contributed by atoms with E-state index in [9.17, 15) is 0 Å². The molecule has 1 heteroatoms. The highest BCUT2D eigenvalue weighted by molar-refractivity contribution is 5.65. The van der Waals surface area contributed by atoms with Crippen LogP contribution in [0.2, 0.25) is 0 Å². The fourth-order valence-corrected chi connectivity index (χ4v) is 3.43. The standard InChI is InChI=1S/C17H23N/c1-17(2,3)18-15-10-6-4-8-13(15)12-14-9-5-7-11-16(14)18/h4,6,8,10H,5,7,9,11-12H2,1-3H3. The van der Waals surface area contributed by atoms with Crippen molar-refractivity contribution in [1.29, 1.82) is 0 Å². The topological polar surface area (TPSA) is 3.24 Å². The minimum atomic E-state index is 0.175. The Balaban J connectivity index is 2.14. The molecule has 3 rings (SSSR count). The number of fused-ring (bicyclic) bond motifs is 1. The summed E-state index contributed by atoms with van der Waals surface area (Å²) in [5.74, 6) is 0. The molecule has 0 saturated carbocycles. The van der Waals surface area contributed by atoms with Crippen molar-refractivity contribution in [1.82, 2.24) is 0 Å². The number of hydrogen-bond donors (Lipinski definition) is 0. The van der Waals surface area contributed by atoms with Crippen LogP contribution in [-0.4, -0.2) is 5.54 Å². The summed E-state index contributed by atoms with van der Waals surface area (Å²) in [6.45, 7) is 6.98. The Morgan fingerprint density at radius 2 is 1.72 bits per heavy atom. The highest BCUT2D eigenvalue weighted by Crippen LogP contribution is 2.43. The zero-order valence-corrected chi connectivity index (χ0v) is 11.8. The summed E-state index contributed by atoms with van der Waals surface area (Å²) in [7, 11) is 0. The maximum Gasteiger partial charge on any atom is 0.0449 e. The molecule has 0 unspecified atom stereocenters. The van der Waals surface area contributed by atoms with Crippen LogP contribution < -0.4 is 4.90 Å². The molecule has 96 valence electrons. The van der Waals surface area contributed by atoms with Gasteiger partial charge in [0.15, 0.2) is 0 Å². The van der Waals surface area contributed by atoms with Crippen molar-refractivity contribution in [3.63, 3.8) is 0 Å². The fourth-order valence-electron chi connectivity index (χ4n) is 3.43. The lowest BCUT2D eigenvalue weighted by atomic mass is 9.84. The molecular weight excluding hydrogens is 218 g/mol. The fraction of sp³-hybridized carbons (Fsp3) is 0.529. The van der Waals surface area contributed by atoms with Gasteiger partial charge in [0.05, 0.1) is 0 Å². The average Bonchev–Trinajstić information content (AvgIpc) is 2.34. The number of nitrogens with zero attached hydrogens (tertiary/aromatic N) is 1. The number of hydrogen-bond acceptors (Lipinski definition) is 1. The number of anilines is 1.